The zero-order valence-corrected chi connectivity index (χ0v) is 13.6. The summed E-state index contributed by atoms with van der Waals surface area (Å²) in [7, 11) is 1.92. The third-order valence-electron chi connectivity index (χ3n) is 4.41. The van der Waals surface area contributed by atoms with Crippen LogP contribution in [0.4, 0.5) is 0 Å². The molecule has 0 saturated carbocycles. The SMILES string of the molecule is Cc1nn(C)c(CC(N)C(C)(C)N2CCOCC2)c1Cl. The molecule has 20 heavy (non-hydrogen) atoms. The molecule has 0 aliphatic carbocycles. The van der Waals surface area contributed by atoms with Gasteiger partial charge in [-0.25, -0.2) is 0 Å². The van der Waals surface area contributed by atoms with Crippen LogP contribution in [0.15, 0.2) is 0 Å². The Bertz CT molecular complexity index is 466. The maximum atomic E-state index is 6.48. The number of hydrogen-bond donors (Lipinski definition) is 1. The summed E-state index contributed by atoms with van der Waals surface area (Å²) >= 11 is 6.32. The van der Waals surface area contributed by atoms with Crippen molar-refractivity contribution >= 4 is 11.6 Å². The van der Waals surface area contributed by atoms with Gasteiger partial charge in [0.15, 0.2) is 0 Å². The molecule has 5 nitrogen and oxygen atoms in total. The van der Waals surface area contributed by atoms with Crippen LogP contribution in [0.3, 0.4) is 0 Å². The molecule has 0 aromatic carbocycles. The molecule has 1 aliphatic heterocycles. The highest BCUT2D eigenvalue weighted by molar-refractivity contribution is 6.31. The molecule has 114 valence electrons. The third-order valence-corrected chi connectivity index (χ3v) is 4.90. The van der Waals surface area contributed by atoms with E-state index in [2.05, 4.69) is 23.8 Å². The van der Waals surface area contributed by atoms with E-state index in [0.29, 0.717) is 0 Å². The highest BCUT2D eigenvalue weighted by Gasteiger charge is 2.35. The smallest absolute Gasteiger partial charge is 0.0847 e. The summed E-state index contributed by atoms with van der Waals surface area (Å²) < 4.78 is 7.26. The number of halogens is 1. The van der Waals surface area contributed by atoms with Gasteiger partial charge >= 0.3 is 0 Å². The quantitative estimate of drug-likeness (QED) is 0.912. The van der Waals surface area contributed by atoms with E-state index in [1.54, 1.807) is 0 Å². The van der Waals surface area contributed by atoms with E-state index in [-0.39, 0.29) is 11.6 Å². The number of aryl methyl sites for hydroxylation is 2. The van der Waals surface area contributed by atoms with Crippen molar-refractivity contribution in [2.75, 3.05) is 26.3 Å². The van der Waals surface area contributed by atoms with Crippen molar-refractivity contribution < 1.29 is 4.74 Å². The fraction of sp³-hybridized carbons (Fsp3) is 0.786. The van der Waals surface area contributed by atoms with Gasteiger partial charge < -0.3 is 10.5 Å². The molecule has 1 saturated heterocycles. The van der Waals surface area contributed by atoms with Gasteiger partial charge in [-0.15, -0.1) is 0 Å². The second kappa shape index (κ2) is 6.02. The molecule has 2 heterocycles. The minimum atomic E-state index is -0.0920. The normalized spacial score (nSPS) is 19.3. The number of nitrogens with zero attached hydrogens (tertiary/aromatic N) is 3. The molecule has 0 spiro atoms. The van der Waals surface area contributed by atoms with Gasteiger partial charge in [-0.1, -0.05) is 11.6 Å². The van der Waals surface area contributed by atoms with Gasteiger partial charge in [0.1, 0.15) is 0 Å². The Hall–Kier alpha value is -0.620. The lowest BCUT2D eigenvalue weighted by Gasteiger charge is -2.44. The van der Waals surface area contributed by atoms with Gasteiger partial charge in [0.25, 0.3) is 0 Å². The molecule has 0 radical (unpaired) electrons. The number of ether oxygens (including phenoxy) is 1. The molecule has 1 aliphatic rings. The zero-order chi connectivity index (χ0) is 14.9. The molecular formula is C14H25ClN4O. The summed E-state index contributed by atoms with van der Waals surface area (Å²) in [5.41, 5.74) is 8.26. The summed E-state index contributed by atoms with van der Waals surface area (Å²) in [6.45, 7) is 9.73. The van der Waals surface area contributed by atoms with Crippen LogP contribution < -0.4 is 5.73 Å². The van der Waals surface area contributed by atoms with Crippen molar-refractivity contribution in [2.24, 2.45) is 12.8 Å². The first-order valence-electron chi connectivity index (χ1n) is 7.10. The number of rotatable bonds is 4. The van der Waals surface area contributed by atoms with Gasteiger partial charge in [0.2, 0.25) is 0 Å². The molecular weight excluding hydrogens is 276 g/mol. The Balaban J connectivity index is 2.11. The molecule has 1 atom stereocenters. The average molecular weight is 301 g/mol. The second-order valence-corrected chi connectivity index (χ2v) is 6.41. The van der Waals surface area contributed by atoms with E-state index < -0.39 is 0 Å². The van der Waals surface area contributed by atoms with Gasteiger partial charge in [-0.3, -0.25) is 9.58 Å². The highest BCUT2D eigenvalue weighted by Crippen LogP contribution is 2.26. The standard InChI is InChI=1S/C14H25ClN4O/c1-10-13(15)11(18(4)17-10)9-12(16)14(2,3)19-5-7-20-8-6-19/h12H,5-9,16H2,1-4H3. The van der Waals surface area contributed by atoms with E-state index in [0.717, 1.165) is 49.1 Å². The minimum absolute atomic E-state index is 0.00657. The first kappa shape index (κ1) is 15.8. The van der Waals surface area contributed by atoms with Gasteiger partial charge in [0.05, 0.1) is 29.6 Å². The molecule has 1 fully saturated rings. The molecule has 2 N–H and O–H groups in total. The summed E-state index contributed by atoms with van der Waals surface area (Å²) in [5.74, 6) is 0. The van der Waals surface area contributed by atoms with Crippen molar-refractivity contribution in [1.82, 2.24) is 14.7 Å². The van der Waals surface area contributed by atoms with E-state index >= 15 is 0 Å². The average Bonchev–Trinajstić information content (AvgIpc) is 2.66. The molecule has 6 heteroatoms. The molecule has 0 bridgehead atoms. The van der Waals surface area contributed by atoms with E-state index in [4.69, 9.17) is 22.1 Å². The van der Waals surface area contributed by atoms with Crippen molar-refractivity contribution in [3.8, 4) is 0 Å². The van der Waals surface area contributed by atoms with Crippen LogP contribution in [-0.4, -0.2) is 52.6 Å². The highest BCUT2D eigenvalue weighted by atomic mass is 35.5. The van der Waals surface area contributed by atoms with Gasteiger partial charge in [-0.2, -0.15) is 5.10 Å². The topological polar surface area (TPSA) is 56.3 Å². The van der Waals surface area contributed by atoms with Crippen LogP contribution in [0, 0.1) is 6.92 Å². The van der Waals surface area contributed by atoms with Crippen LogP contribution in [0.2, 0.25) is 5.02 Å². The molecule has 1 aromatic heterocycles. The number of hydrogen-bond acceptors (Lipinski definition) is 4. The van der Waals surface area contributed by atoms with Crippen LogP contribution >= 0.6 is 11.6 Å². The van der Waals surface area contributed by atoms with Crippen LogP contribution in [0.1, 0.15) is 25.2 Å². The largest absolute Gasteiger partial charge is 0.379 e. The fourth-order valence-electron chi connectivity index (χ4n) is 2.73. The van der Waals surface area contributed by atoms with Gasteiger partial charge in [-0.05, 0) is 20.8 Å². The fourth-order valence-corrected chi connectivity index (χ4v) is 2.97. The van der Waals surface area contributed by atoms with Crippen LogP contribution in [0.5, 0.6) is 0 Å². The number of nitrogens with two attached hydrogens (primary N) is 1. The van der Waals surface area contributed by atoms with Crippen LogP contribution in [-0.2, 0) is 18.2 Å². The Morgan fingerprint density at radius 1 is 1.40 bits per heavy atom. The summed E-state index contributed by atoms with van der Waals surface area (Å²) in [6, 6.07) is -0.00657. The second-order valence-electron chi connectivity index (χ2n) is 6.03. The molecule has 2 rings (SSSR count). The number of aromatic nitrogens is 2. The minimum Gasteiger partial charge on any atom is -0.379 e. The van der Waals surface area contributed by atoms with E-state index in [1.165, 1.54) is 0 Å². The third kappa shape index (κ3) is 3.01. The Morgan fingerprint density at radius 3 is 2.50 bits per heavy atom. The van der Waals surface area contributed by atoms with Crippen molar-refractivity contribution in [3.05, 3.63) is 16.4 Å². The molecule has 1 aromatic rings. The van der Waals surface area contributed by atoms with Gasteiger partial charge in [0, 0.05) is 38.1 Å². The molecule has 0 amide bonds. The first-order valence-corrected chi connectivity index (χ1v) is 7.48. The summed E-state index contributed by atoms with van der Waals surface area (Å²) in [5, 5.41) is 5.09. The van der Waals surface area contributed by atoms with Crippen LogP contribution in [0.25, 0.3) is 0 Å². The monoisotopic (exact) mass is 300 g/mol. The van der Waals surface area contributed by atoms with Crippen molar-refractivity contribution in [2.45, 2.75) is 38.8 Å². The van der Waals surface area contributed by atoms with Crippen molar-refractivity contribution in [1.29, 1.82) is 0 Å². The van der Waals surface area contributed by atoms with E-state index in [9.17, 15) is 0 Å². The first-order chi connectivity index (χ1) is 9.34. The maximum absolute atomic E-state index is 6.48. The maximum Gasteiger partial charge on any atom is 0.0847 e. The zero-order valence-electron chi connectivity index (χ0n) is 12.8. The Morgan fingerprint density at radius 2 is 2.00 bits per heavy atom. The predicted molar refractivity (Wildman–Crippen MR) is 81.1 cm³/mol. The Kier molecular flexibility index (Phi) is 4.74. The number of morpholine rings is 1. The summed E-state index contributed by atoms with van der Waals surface area (Å²) in [6.07, 6.45) is 0.723. The van der Waals surface area contributed by atoms with Crippen molar-refractivity contribution in [3.63, 3.8) is 0 Å². The lowest BCUT2D eigenvalue weighted by molar-refractivity contribution is -0.0187. The molecule has 1 unspecified atom stereocenters. The lowest BCUT2D eigenvalue weighted by Crippen LogP contribution is -2.59. The van der Waals surface area contributed by atoms with E-state index in [1.807, 2.05) is 18.7 Å². The lowest BCUT2D eigenvalue weighted by atomic mass is 9.89. The summed E-state index contributed by atoms with van der Waals surface area (Å²) in [4.78, 5) is 2.40. The predicted octanol–water partition coefficient (Wildman–Crippen LogP) is 1.36. The Labute approximate surface area is 126 Å².